The lowest BCUT2D eigenvalue weighted by atomic mass is 10.0. The molecule has 0 bridgehead atoms. The van der Waals surface area contributed by atoms with E-state index in [0.29, 0.717) is 12.1 Å². The van der Waals surface area contributed by atoms with E-state index in [0.717, 1.165) is 25.1 Å². The second-order valence-corrected chi connectivity index (χ2v) is 6.68. The van der Waals surface area contributed by atoms with Crippen molar-refractivity contribution in [3.63, 3.8) is 0 Å². The highest BCUT2D eigenvalue weighted by Gasteiger charge is 2.33. The highest BCUT2D eigenvalue weighted by atomic mass is 35.5. The average Bonchev–Trinajstić information content (AvgIpc) is 2.65. The van der Waals surface area contributed by atoms with Crippen LogP contribution in [0.3, 0.4) is 0 Å². The zero-order valence-corrected chi connectivity index (χ0v) is 16.9. The Morgan fingerprint density at radius 3 is 2.35 bits per heavy atom. The van der Waals surface area contributed by atoms with Crippen LogP contribution in [0.1, 0.15) is 34.5 Å². The van der Waals surface area contributed by atoms with E-state index in [1.54, 1.807) is 0 Å². The molecule has 13 heteroatoms. The van der Waals surface area contributed by atoms with E-state index in [1.165, 1.54) is 0 Å². The minimum absolute atomic E-state index is 0.277. The molecule has 2 aromatic rings. The summed E-state index contributed by atoms with van der Waals surface area (Å²) in [5.74, 6) is -3.59. The van der Waals surface area contributed by atoms with Crippen molar-refractivity contribution in [1.82, 2.24) is 0 Å². The summed E-state index contributed by atoms with van der Waals surface area (Å²) in [6.45, 7) is 1.02. The molecular formula is C18H12Cl2F3NO7. The molecule has 2 rings (SSSR count). The van der Waals surface area contributed by atoms with Gasteiger partial charge in [0.1, 0.15) is 23.2 Å². The lowest BCUT2D eigenvalue weighted by Crippen LogP contribution is -2.15. The highest BCUT2D eigenvalue weighted by Crippen LogP contribution is 2.40. The third-order valence-electron chi connectivity index (χ3n) is 3.81. The van der Waals surface area contributed by atoms with Gasteiger partial charge >= 0.3 is 18.1 Å². The SMILES string of the molecule is CC(=O)OC(CCl)c1cc(Oc2ccc(C(F)(F)F)cc2Cl)cc(C(=O)O)c1[N+](=O)[O-]. The van der Waals surface area contributed by atoms with Gasteiger partial charge < -0.3 is 14.6 Å². The largest absolute Gasteiger partial charge is 0.477 e. The summed E-state index contributed by atoms with van der Waals surface area (Å²) in [5, 5.41) is 20.4. The van der Waals surface area contributed by atoms with Gasteiger partial charge in [0.05, 0.1) is 27.0 Å². The number of aromatic carboxylic acids is 1. The number of halogens is 5. The molecule has 1 atom stereocenters. The number of benzene rings is 2. The lowest BCUT2D eigenvalue weighted by molar-refractivity contribution is -0.386. The molecule has 0 aromatic heterocycles. The summed E-state index contributed by atoms with van der Waals surface area (Å²) in [6.07, 6.45) is -6.05. The Balaban J connectivity index is 2.62. The van der Waals surface area contributed by atoms with Crippen LogP contribution >= 0.6 is 23.2 Å². The van der Waals surface area contributed by atoms with Crippen molar-refractivity contribution in [3.05, 3.63) is 62.2 Å². The number of ether oxygens (including phenoxy) is 2. The summed E-state index contributed by atoms with van der Waals surface area (Å²) >= 11 is 11.6. The van der Waals surface area contributed by atoms with E-state index in [9.17, 15) is 38.0 Å². The van der Waals surface area contributed by atoms with Gasteiger partial charge in [0.25, 0.3) is 5.69 Å². The van der Waals surface area contributed by atoms with Gasteiger partial charge in [-0.25, -0.2) is 4.79 Å². The molecule has 1 N–H and O–H groups in total. The number of carboxylic acid groups (broad SMARTS) is 1. The number of esters is 1. The Kier molecular flexibility index (Phi) is 7.34. The molecule has 0 heterocycles. The number of rotatable bonds is 7. The van der Waals surface area contributed by atoms with Gasteiger partial charge in [0.15, 0.2) is 0 Å². The first kappa shape index (κ1) is 24.2. The van der Waals surface area contributed by atoms with E-state index < -0.39 is 56.9 Å². The third kappa shape index (κ3) is 5.76. The van der Waals surface area contributed by atoms with Gasteiger partial charge in [-0.05, 0) is 24.3 Å². The number of carbonyl (C=O) groups excluding carboxylic acids is 1. The maximum Gasteiger partial charge on any atom is 0.416 e. The number of nitro benzene ring substituents is 1. The fourth-order valence-corrected chi connectivity index (χ4v) is 3.01. The van der Waals surface area contributed by atoms with Gasteiger partial charge in [-0.3, -0.25) is 14.9 Å². The predicted molar refractivity (Wildman–Crippen MR) is 102 cm³/mol. The molecule has 0 saturated heterocycles. The van der Waals surface area contributed by atoms with Crippen molar-refractivity contribution in [2.45, 2.75) is 19.2 Å². The maximum atomic E-state index is 12.8. The third-order valence-corrected chi connectivity index (χ3v) is 4.38. The molecule has 0 aliphatic carbocycles. The van der Waals surface area contributed by atoms with Crippen LogP contribution in [0, 0.1) is 10.1 Å². The number of alkyl halides is 4. The Hall–Kier alpha value is -3.05. The number of nitro groups is 1. The smallest absolute Gasteiger partial charge is 0.416 e. The normalized spacial score (nSPS) is 12.2. The summed E-state index contributed by atoms with van der Waals surface area (Å²) < 4.78 is 48.7. The van der Waals surface area contributed by atoms with E-state index in [-0.39, 0.29) is 17.1 Å². The average molecular weight is 482 g/mol. The number of nitrogens with zero attached hydrogens (tertiary/aromatic N) is 1. The molecule has 2 aromatic carbocycles. The minimum atomic E-state index is -4.66. The van der Waals surface area contributed by atoms with Crippen LogP contribution in [0.2, 0.25) is 5.02 Å². The van der Waals surface area contributed by atoms with Gasteiger partial charge in [0.2, 0.25) is 0 Å². The molecule has 0 aliphatic rings. The summed E-state index contributed by atoms with van der Waals surface area (Å²) in [5.41, 5.74) is -3.13. The molecule has 0 radical (unpaired) electrons. The summed E-state index contributed by atoms with van der Waals surface area (Å²) in [7, 11) is 0. The molecule has 0 saturated carbocycles. The summed E-state index contributed by atoms with van der Waals surface area (Å²) in [6, 6.07) is 3.97. The standard InChI is InChI=1S/C18H12Cl2F3NO7/c1-8(25)30-15(7-19)11-5-10(6-12(17(26)27)16(11)24(28)29)31-14-3-2-9(4-13(14)20)18(21,22)23/h2-6,15H,7H2,1H3,(H,26,27). The molecule has 0 spiro atoms. The van der Waals surface area contributed by atoms with E-state index in [2.05, 4.69) is 0 Å². The first-order valence-electron chi connectivity index (χ1n) is 8.18. The van der Waals surface area contributed by atoms with Crippen molar-refractivity contribution in [1.29, 1.82) is 0 Å². The highest BCUT2D eigenvalue weighted by molar-refractivity contribution is 6.32. The fourth-order valence-electron chi connectivity index (χ4n) is 2.57. The van der Waals surface area contributed by atoms with Crippen molar-refractivity contribution < 1.29 is 42.3 Å². The van der Waals surface area contributed by atoms with Crippen LogP contribution in [-0.2, 0) is 15.7 Å². The zero-order chi connectivity index (χ0) is 23.5. The summed E-state index contributed by atoms with van der Waals surface area (Å²) in [4.78, 5) is 33.4. The monoisotopic (exact) mass is 481 g/mol. The zero-order valence-electron chi connectivity index (χ0n) is 15.4. The molecule has 8 nitrogen and oxygen atoms in total. The Labute approximate surface area is 182 Å². The second-order valence-electron chi connectivity index (χ2n) is 5.97. The predicted octanol–water partition coefficient (Wildman–Crippen LogP) is 5.60. The number of hydrogen-bond donors (Lipinski definition) is 1. The first-order valence-corrected chi connectivity index (χ1v) is 9.09. The molecule has 0 fully saturated rings. The number of carboxylic acids is 1. The van der Waals surface area contributed by atoms with Crippen LogP contribution < -0.4 is 4.74 Å². The van der Waals surface area contributed by atoms with Gasteiger partial charge in [-0.2, -0.15) is 13.2 Å². The molecule has 31 heavy (non-hydrogen) atoms. The number of carbonyl (C=O) groups is 2. The quantitative estimate of drug-likeness (QED) is 0.236. The molecule has 1 unspecified atom stereocenters. The van der Waals surface area contributed by atoms with Crippen LogP contribution in [-0.4, -0.2) is 27.8 Å². The van der Waals surface area contributed by atoms with Crippen molar-refractivity contribution in [3.8, 4) is 11.5 Å². The van der Waals surface area contributed by atoms with E-state index in [1.807, 2.05) is 0 Å². The van der Waals surface area contributed by atoms with Crippen LogP contribution in [0.25, 0.3) is 0 Å². The molecule has 0 aliphatic heterocycles. The molecule has 0 amide bonds. The van der Waals surface area contributed by atoms with E-state index >= 15 is 0 Å². The molecular weight excluding hydrogens is 470 g/mol. The van der Waals surface area contributed by atoms with Crippen molar-refractivity contribution >= 4 is 40.8 Å². The van der Waals surface area contributed by atoms with Crippen LogP contribution in [0.4, 0.5) is 18.9 Å². The topological polar surface area (TPSA) is 116 Å². The lowest BCUT2D eigenvalue weighted by Gasteiger charge is -2.17. The van der Waals surface area contributed by atoms with Gasteiger partial charge in [-0.1, -0.05) is 11.6 Å². The van der Waals surface area contributed by atoms with Crippen molar-refractivity contribution in [2.75, 3.05) is 5.88 Å². The fraction of sp³-hybridized carbons (Fsp3) is 0.222. The second kappa shape index (κ2) is 9.40. The Morgan fingerprint density at radius 1 is 1.26 bits per heavy atom. The van der Waals surface area contributed by atoms with Gasteiger partial charge in [0, 0.05) is 13.0 Å². The first-order chi connectivity index (χ1) is 14.3. The minimum Gasteiger partial charge on any atom is -0.477 e. The Morgan fingerprint density at radius 2 is 1.90 bits per heavy atom. The van der Waals surface area contributed by atoms with Gasteiger partial charge in [-0.15, -0.1) is 11.6 Å². The number of hydrogen-bond acceptors (Lipinski definition) is 6. The molecule has 166 valence electrons. The van der Waals surface area contributed by atoms with Crippen molar-refractivity contribution in [2.24, 2.45) is 0 Å². The Bertz CT molecular complexity index is 1040. The maximum absolute atomic E-state index is 12.8. The van der Waals surface area contributed by atoms with Crippen LogP contribution in [0.15, 0.2) is 30.3 Å². The van der Waals surface area contributed by atoms with Crippen LogP contribution in [0.5, 0.6) is 11.5 Å². The van der Waals surface area contributed by atoms with E-state index in [4.69, 9.17) is 32.7 Å².